The van der Waals surface area contributed by atoms with Gasteiger partial charge in [-0.2, -0.15) is 0 Å². The van der Waals surface area contributed by atoms with Crippen LogP contribution in [-0.4, -0.2) is 28.8 Å². The Labute approximate surface area is 175 Å². The number of hydrogen-bond donors (Lipinski definition) is 1. The number of methoxy groups -OCH3 is 1. The number of halogens is 1. The summed E-state index contributed by atoms with van der Waals surface area (Å²) in [5, 5.41) is 11.2. The van der Waals surface area contributed by atoms with Crippen LogP contribution in [0.5, 0.6) is 5.75 Å². The zero-order valence-corrected chi connectivity index (χ0v) is 17.7. The molecule has 1 atom stereocenters. The number of carbonyl (C=O) groups is 2. The normalized spacial score (nSPS) is 16.7. The molecule has 0 saturated heterocycles. The Morgan fingerprint density at radius 2 is 1.86 bits per heavy atom. The molecule has 152 valence electrons. The third-order valence-corrected chi connectivity index (χ3v) is 5.37. The molecule has 0 fully saturated rings. The lowest BCUT2D eigenvalue weighted by Crippen LogP contribution is -2.31. The zero-order valence-electron chi connectivity index (χ0n) is 16.9. The topological polar surface area (TPSA) is 66.8 Å². The second-order valence-electron chi connectivity index (χ2n) is 7.47. The number of nitrogens with zero attached hydrogens (tertiary/aromatic N) is 1. The lowest BCUT2D eigenvalue weighted by atomic mass is 9.89. The van der Waals surface area contributed by atoms with Gasteiger partial charge in [0.1, 0.15) is 5.75 Å². The zero-order chi connectivity index (χ0) is 21.3. The Balaban J connectivity index is 2.08. The summed E-state index contributed by atoms with van der Waals surface area (Å²) in [6.45, 7) is 5.63. The molecular formula is C23H24ClNO4. The van der Waals surface area contributed by atoms with Crippen molar-refractivity contribution in [3.63, 3.8) is 0 Å². The van der Waals surface area contributed by atoms with Gasteiger partial charge in [0.25, 0.3) is 5.91 Å². The molecule has 0 radical (unpaired) electrons. The molecule has 0 spiro atoms. The average Bonchev–Trinajstić information content (AvgIpc) is 2.92. The fraction of sp³-hybridized carbons (Fsp3) is 0.304. The van der Waals surface area contributed by atoms with Crippen molar-refractivity contribution in [1.82, 2.24) is 4.90 Å². The molecule has 0 saturated carbocycles. The van der Waals surface area contributed by atoms with Gasteiger partial charge in [0, 0.05) is 17.5 Å². The monoisotopic (exact) mass is 413 g/mol. The van der Waals surface area contributed by atoms with Crippen LogP contribution in [0.2, 0.25) is 5.02 Å². The third kappa shape index (κ3) is 4.01. The predicted octanol–water partition coefficient (Wildman–Crippen LogP) is 4.78. The minimum atomic E-state index is -0.670. The number of Topliss-reactive ketones (excluding diaryl/α,β-unsaturated/α-hetero) is 1. The van der Waals surface area contributed by atoms with Gasteiger partial charge >= 0.3 is 0 Å². The maximum Gasteiger partial charge on any atom is 0.290 e. The van der Waals surface area contributed by atoms with Gasteiger partial charge in [-0.05, 0) is 47.9 Å². The van der Waals surface area contributed by atoms with E-state index in [1.54, 1.807) is 33.1 Å². The van der Waals surface area contributed by atoms with Gasteiger partial charge in [-0.15, -0.1) is 0 Å². The number of ether oxygens (including phenoxy) is 1. The number of aliphatic hydroxyl groups is 1. The van der Waals surface area contributed by atoms with E-state index in [0.717, 1.165) is 16.7 Å². The summed E-state index contributed by atoms with van der Waals surface area (Å²) in [5.41, 5.74) is 2.62. The highest BCUT2D eigenvalue weighted by atomic mass is 35.5. The van der Waals surface area contributed by atoms with E-state index in [-0.39, 0.29) is 23.8 Å². The highest BCUT2D eigenvalue weighted by Gasteiger charge is 2.44. The molecule has 2 aromatic rings. The maximum absolute atomic E-state index is 12.9. The van der Waals surface area contributed by atoms with Gasteiger partial charge in [-0.1, -0.05) is 43.6 Å². The van der Waals surface area contributed by atoms with Crippen molar-refractivity contribution in [2.75, 3.05) is 7.11 Å². The number of benzene rings is 2. The number of rotatable bonds is 6. The second kappa shape index (κ2) is 8.29. The summed E-state index contributed by atoms with van der Waals surface area (Å²) in [6, 6.07) is 12.0. The molecule has 5 nitrogen and oxygen atoms in total. The van der Waals surface area contributed by atoms with Crippen molar-refractivity contribution in [3.05, 3.63) is 75.5 Å². The fourth-order valence-corrected chi connectivity index (χ4v) is 3.80. The number of amides is 1. The molecule has 1 heterocycles. The summed E-state index contributed by atoms with van der Waals surface area (Å²) in [4.78, 5) is 27.4. The van der Waals surface area contributed by atoms with Gasteiger partial charge in [0.2, 0.25) is 0 Å². The van der Waals surface area contributed by atoms with Crippen LogP contribution in [0.4, 0.5) is 0 Å². The molecule has 1 aliphatic heterocycles. The minimum absolute atomic E-state index is 0.143. The molecule has 2 aromatic carbocycles. The van der Waals surface area contributed by atoms with Crippen LogP contribution >= 0.6 is 11.6 Å². The molecule has 1 unspecified atom stereocenters. The maximum atomic E-state index is 12.9. The van der Waals surface area contributed by atoms with E-state index in [2.05, 4.69) is 0 Å². The van der Waals surface area contributed by atoms with Crippen molar-refractivity contribution < 1.29 is 19.4 Å². The molecule has 3 rings (SSSR count). The second-order valence-corrected chi connectivity index (χ2v) is 7.90. The molecule has 1 N–H and O–H groups in total. The van der Waals surface area contributed by atoms with Crippen molar-refractivity contribution >= 4 is 23.3 Å². The van der Waals surface area contributed by atoms with E-state index >= 15 is 0 Å². The van der Waals surface area contributed by atoms with Crippen LogP contribution in [0, 0.1) is 12.8 Å². The largest absolute Gasteiger partial charge is 0.503 e. The van der Waals surface area contributed by atoms with Crippen LogP contribution in [0.1, 0.15) is 36.6 Å². The predicted molar refractivity (Wildman–Crippen MR) is 112 cm³/mol. The number of ketones is 1. The van der Waals surface area contributed by atoms with Crippen LogP contribution in [0.15, 0.2) is 53.8 Å². The number of aliphatic hydroxyl groups excluding tert-OH is 1. The molecular weight excluding hydrogens is 390 g/mol. The van der Waals surface area contributed by atoms with Crippen LogP contribution in [0.3, 0.4) is 0 Å². The fourth-order valence-electron chi connectivity index (χ4n) is 3.58. The number of hydrogen-bond acceptors (Lipinski definition) is 4. The van der Waals surface area contributed by atoms with E-state index < -0.39 is 17.7 Å². The third-order valence-electron chi connectivity index (χ3n) is 5.13. The smallest absolute Gasteiger partial charge is 0.290 e. The summed E-state index contributed by atoms with van der Waals surface area (Å²) in [7, 11) is 1.59. The molecule has 0 aromatic heterocycles. The van der Waals surface area contributed by atoms with Gasteiger partial charge < -0.3 is 14.7 Å². The first-order valence-electron chi connectivity index (χ1n) is 9.41. The van der Waals surface area contributed by atoms with Crippen molar-refractivity contribution in [3.8, 4) is 5.75 Å². The highest BCUT2D eigenvalue weighted by molar-refractivity contribution is 6.30. The standard InChI is InChI=1S/C23H24ClNO4/c1-13(2)21(26)19-20(18-10-7-16(24)11-14(18)3)25(23(28)22(19)27)12-15-5-8-17(29-4)9-6-15/h5-11,13,20,27H,12H2,1-4H3. The van der Waals surface area contributed by atoms with Gasteiger partial charge in [-0.3, -0.25) is 9.59 Å². The van der Waals surface area contributed by atoms with Crippen LogP contribution in [-0.2, 0) is 16.1 Å². The Morgan fingerprint density at radius 1 is 1.21 bits per heavy atom. The molecule has 1 amide bonds. The summed E-state index contributed by atoms with van der Waals surface area (Å²) in [5.74, 6) is -0.910. The van der Waals surface area contributed by atoms with E-state index in [1.807, 2.05) is 37.3 Å². The van der Waals surface area contributed by atoms with Crippen LogP contribution < -0.4 is 4.74 Å². The first kappa shape index (κ1) is 20.9. The molecule has 1 aliphatic rings. The van der Waals surface area contributed by atoms with Crippen LogP contribution in [0.25, 0.3) is 0 Å². The SMILES string of the molecule is COc1ccc(CN2C(=O)C(O)=C(C(=O)C(C)C)C2c2ccc(Cl)cc2C)cc1. The lowest BCUT2D eigenvalue weighted by molar-refractivity contribution is -0.130. The van der Waals surface area contributed by atoms with E-state index in [1.165, 1.54) is 4.90 Å². The van der Waals surface area contributed by atoms with Crippen molar-refractivity contribution in [2.45, 2.75) is 33.4 Å². The Morgan fingerprint density at radius 3 is 2.41 bits per heavy atom. The summed E-state index contributed by atoms with van der Waals surface area (Å²) in [6.07, 6.45) is 0. The average molecular weight is 414 g/mol. The van der Waals surface area contributed by atoms with Crippen molar-refractivity contribution in [2.24, 2.45) is 5.92 Å². The van der Waals surface area contributed by atoms with E-state index in [0.29, 0.717) is 10.8 Å². The Hall–Kier alpha value is -2.79. The number of aryl methyl sites for hydroxylation is 1. The minimum Gasteiger partial charge on any atom is -0.503 e. The molecule has 29 heavy (non-hydrogen) atoms. The highest BCUT2D eigenvalue weighted by Crippen LogP contribution is 2.41. The number of carbonyl (C=O) groups excluding carboxylic acids is 2. The van der Waals surface area contributed by atoms with Crippen molar-refractivity contribution in [1.29, 1.82) is 0 Å². The lowest BCUT2D eigenvalue weighted by Gasteiger charge is -2.28. The Kier molecular flexibility index (Phi) is 5.99. The van der Waals surface area contributed by atoms with Gasteiger partial charge in [-0.25, -0.2) is 0 Å². The van der Waals surface area contributed by atoms with Gasteiger partial charge in [0.05, 0.1) is 18.7 Å². The van der Waals surface area contributed by atoms with E-state index in [9.17, 15) is 14.7 Å². The Bertz CT molecular complexity index is 979. The molecule has 6 heteroatoms. The first-order chi connectivity index (χ1) is 13.7. The first-order valence-corrected chi connectivity index (χ1v) is 9.79. The van der Waals surface area contributed by atoms with E-state index in [4.69, 9.17) is 16.3 Å². The van der Waals surface area contributed by atoms with Gasteiger partial charge in [0.15, 0.2) is 11.5 Å². The quantitative estimate of drug-likeness (QED) is 0.740. The summed E-state index contributed by atoms with van der Waals surface area (Å²) >= 11 is 6.10. The molecule has 0 bridgehead atoms. The molecule has 0 aliphatic carbocycles. The summed E-state index contributed by atoms with van der Waals surface area (Å²) < 4.78 is 5.18.